The van der Waals surface area contributed by atoms with Crippen LogP contribution in [-0.4, -0.2) is 31.0 Å². The van der Waals surface area contributed by atoms with Crippen molar-refractivity contribution in [2.45, 2.75) is 13.5 Å². The Morgan fingerprint density at radius 3 is 2.52 bits per heavy atom. The van der Waals surface area contributed by atoms with Gasteiger partial charge < -0.3 is 0 Å². The molecule has 0 amide bonds. The van der Waals surface area contributed by atoms with Crippen LogP contribution in [-0.2, 0) is 16.6 Å². The van der Waals surface area contributed by atoms with Crippen LogP contribution in [0, 0.1) is 12.7 Å². The Bertz CT molecular complexity index is 742. The molecule has 0 aliphatic carbocycles. The van der Waals surface area contributed by atoms with E-state index in [1.807, 2.05) is 6.92 Å². The quantitative estimate of drug-likeness (QED) is 0.871. The maximum Gasteiger partial charge on any atom is 0.208 e. The lowest BCUT2D eigenvalue weighted by Crippen LogP contribution is -2.26. The van der Waals surface area contributed by atoms with Gasteiger partial charge in [0, 0.05) is 12.1 Å². The average Bonchev–Trinajstić information content (AvgIpc) is 2.65. The van der Waals surface area contributed by atoms with Crippen molar-refractivity contribution in [1.82, 2.24) is 14.5 Å². The molecule has 2 aromatic rings. The second-order valence-corrected chi connectivity index (χ2v) is 7.27. The fourth-order valence-electron chi connectivity index (χ4n) is 1.94. The van der Waals surface area contributed by atoms with E-state index in [2.05, 4.69) is 25.8 Å². The third-order valence-electron chi connectivity index (χ3n) is 2.86. The molecule has 5 nitrogen and oxygen atoms in total. The fourth-order valence-corrected chi connectivity index (χ4v) is 2.92. The highest BCUT2D eigenvalue weighted by Crippen LogP contribution is 2.30. The summed E-state index contributed by atoms with van der Waals surface area (Å²) in [6.45, 7) is 2.46. The zero-order chi connectivity index (χ0) is 15.6. The number of hydrogen-bond acceptors (Lipinski definition) is 3. The van der Waals surface area contributed by atoms with Gasteiger partial charge in [0.1, 0.15) is 5.82 Å². The molecule has 0 fully saturated rings. The van der Waals surface area contributed by atoms with Gasteiger partial charge >= 0.3 is 0 Å². The molecule has 0 aliphatic rings. The van der Waals surface area contributed by atoms with Gasteiger partial charge in [-0.15, -0.1) is 0 Å². The number of aryl methyl sites for hydroxylation is 1. The first-order chi connectivity index (χ1) is 9.78. The van der Waals surface area contributed by atoms with Crippen molar-refractivity contribution in [3.8, 4) is 11.3 Å². The molecular formula is C13H15BrFN3O2S. The van der Waals surface area contributed by atoms with Crippen molar-refractivity contribution < 1.29 is 12.8 Å². The molecule has 0 saturated carbocycles. The number of hydrogen-bond donors (Lipinski definition) is 1. The molecule has 1 N–H and O–H groups in total. The Kier molecular flexibility index (Phi) is 4.80. The van der Waals surface area contributed by atoms with Crippen LogP contribution in [0.3, 0.4) is 0 Å². The van der Waals surface area contributed by atoms with E-state index in [0.29, 0.717) is 6.54 Å². The van der Waals surface area contributed by atoms with E-state index in [4.69, 9.17) is 0 Å². The Balaban J connectivity index is 2.30. The van der Waals surface area contributed by atoms with Crippen LogP contribution in [0.2, 0.25) is 0 Å². The molecular weight excluding hydrogens is 361 g/mol. The zero-order valence-electron chi connectivity index (χ0n) is 11.6. The van der Waals surface area contributed by atoms with Gasteiger partial charge in [0.2, 0.25) is 10.0 Å². The first-order valence-corrected chi connectivity index (χ1v) is 8.90. The van der Waals surface area contributed by atoms with Gasteiger partial charge in [0.15, 0.2) is 0 Å². The zero-order valence-corrected chi connectivity index (χ0v) is 14.0. The summed E-state index contributed by atoms with van der Waals surface area (Å²) < 4.78 is 40.2. The third kappa shape index (κ3) is 4.12. The average molecular weight is 376 g/mol. The summed E-state index contributed by atoms with van der Waals surface area (Å²) in [5, 5.41) is 4.37. The number of nitrogens with zero attached hydrogens (tertiary/aromatic N) is 2. The number of halogens is 2. The number of nitrogens with one attached hydrogen (secondary N) is 1. The smallest absolute Gasteiger partial charge is 0.208 e. The molecule has 0 radical (unpaired) electrons. The van der Waals surface area contributed by atoms with Gasteiger partial charge in [0.25, 0.3) is 0 Å². The van der Waals surface area contributed by atoms with Gasteiger partial charge in [-0.25, -0.2) is 17.5 Å². The van der Waals surface area contributed by atoms with E-state index in [-0.39, 0.29) is 12.4 Å². The molecule has 114 valence electrons. The van der Waals surface area contributed by atoms with Gasteiger partial charge in [-0.3, -0.25) is 4.68 Å². The largest absolute Gasteiger partial charge is 0.262 e. The maximum absolute atomic E-state index is 13.0. The summed E-state index contributed by atoms with van der Waals surface area (Å²) in [7, 11) is -3.23. The standard InChI is InChI=1S/C13H15BrFN3O2S/c1-9-12(14)13(10-3-5-11(15)6-4-10)18(17-9)8-7-16-21(2,19)20/h3-6,16H,7-8H2,1-2H3. The monoisotopic (exact) mass is 375 g/mol. The van der Waals surface area contributed by atoms with Crippen LogP contribution >= 0.6 is 15.9 Å². The predicted molar refractivity (Wildman–Crippen MR) is 82.9 cm³/mol. The minimum Gasteiger partial charge on any atom is -0.262 e. The van der Waals surface area contributed by atoms with E-state index in [1.165, 1.54) is 12.1 Å². The maximum atomic E-state index is 13.0. The molecule has 0 spiro atoms. The Morgan fingerprint density at radius 1 is 1.33 bits per heavy atom. The summed E-state index contributed by atoms with van der Waals surface area (Å²) in [6.07, 6.45) is 1.11. The van der Waals surface area contributed by atoms with Crippen LogP contribution in [0.25, 0.3) is 11.3 Å². The van der Waals surface area contributed by atoms with Crippen molar-refractivity contribution in [2.24, 2.45) is 0 Å². The molecule has 1 aromatic carbocycles. The minimum absolute atomic E-state index is 0.237. The first kappa shape index (κ1) is 16.1. The van der Waals surface area contributed by atoms with Gasteiger partial charge in [0.05, 0.1) is 28.7 Å². The SMILES string of the molecule is Cc1nn(CCNS(C)(=O)=O)c(-c2ccc(F)cc2)c1Br. The van der Waals surface area contributed by atoms with Crippen LogP contribution in [0.4, 0.5) is 4.39 Å². The topological polar surface area (TPSA) is 64.0 Å². The van der Waals surface area contributed by atoms with Crippen molar-refractivity contribution in [3.63, 3.8) is 0 Å². The second kappa shape index (κ2) is 6.25. The van der Waals surface area contributed by atoms with Crippen LogP contribution in [0.5, 0.6) is 0 Å². The van der Waals surface area contributed by atoms with Gasteiger partial charge in [-0.1, -0.05) is 0 Å². The van der Waals surface area contributed by atoms with Crippen LogP contribution < -0.4 is 4.72 Å². The highest BCUT2D eigenvalue weighted by molar-refractivity contribution is 9.10. The summed E-state index contributed by atoms with van der Waals surface area (Å²) >= 11 is 3.47. The molecule has 2 rings (SSSR count). The van der Waals surface area contributed by atoms with Gasteiger partial charge in [-0.05, 0) is 47.1 Å². The van der Waals surface area contributed by atoms with Crippen molar-refractivity contribution in [3.05, 3.63) is 40.2 Å². The normalized spacial score (nSPS) is 11.8. The summed E-state index contributed by atoms with van der Waals surface area (Å²) in [5.74, 6) is -0.309. The summed E-state index contributed by atoms with van der Waals surface area (Å²) in [6, 6.07) is 6.08. The lowest BCUT2D eigenvalue weighted by atomic mass is 10.1. The van der Waals surface area contributed by atoms with Crippen molar-refractivity contribution in [1.29, 1.82) is 0 Å². The number of sulfonamides is 1. The van der Waals surface area contributed by atoms with Gasteiger partial charge in [-0.2, -0.15) is 5.10 Å². The van der Waals surface area contributed by atoms with E-state index >= 15 is 0 Å². The number of aromatic nitrogens is 2. The molecule has 8 heteroatoms. The Hall–Kier alpha value is -1.25. The highest BCUT2D eigenvalue weighted by Gasteiger charge is 2.15. The lowest BCUT2D eigenvalue weighted by molar-refractivity contribution is 0.566. The minimum atomic E-state index is -3.23. The van der Waals surface area contributed by atoms with E-state index < -0.39 is 10.0 Å². The molecule has 0 aliphatic heterocycles. The Labute approximate surface area is 131 Å². The first-order valence-electron chi connectivity index (χ1n) is 6.21. The molecule has 0 unspecified atom stereocenters. The highest BCUT2D eigenvalue weighted by atomic mass is 79.9. The lowest BCUT2D eigenvalue weighted by Gasteiger charge is -2.08. The summed E-state index contributed by atoms with van der Waals surface area (Å²) in [4.78, 5) is 0. The Morgan fingerprint density at radius 2 is 1.95 bits per heavy atom. The molecule has 1 heterocycles. The molecule has 21 heavy (non-hydrogen) atoms. The van der Waals surface area contributed by atoms with Crippen LogP contribution in [0.15, 0.2) is 28.7 Å². The fraction of sp³-hybridized carbons (Fsp3) is 0.308. The van der Waals surface area contributed by atoms with Crippen molar-refractivity contribution >= 4 is 26.0 Å². The second-order valence-electron chi connectivity index (χ2n) is 4.64. The molecule has 0 bridgehead atoms. The van der Waals surface area contributed by atoms with E-state index in [9.17, 15) is 12.8 Å². The molecule has 0 saturated heterocycles. The number of benzene rings is 1. The van der Waals surface area contributed by atoms with E-state index in [0.717, 1.165) is 27.7 Å². The van der Waals surface area contributed by atoms with E-state index in [1.54, 1.807) is 16.8 Å². The summed E-state index contributed by atoms with van der Waals surface area (Å²) in [5.41, 5.74) is 2.39. The predicted octanol–water partition coefficient (Wildman–Crippen LogP) is 2.31. The number of rotatable bonds is 5. The molecule has 1 aromatic heterocycles. The third-order valence-corrected chi connectivity index (χ3v) is 4.54. The molecule has 0 atom stereocenters. The van der Waals surface area contributed by atoms with Crippen LogP contribution in [0.1, 0.15) is 5.69 Å². The van der Waals surface area contributed by atoms with Crippen molar-refractivity contribution in [2.75, 3.05) is 12.8 Å².